The van der Waals surface area contributed by atoms with Crippen LogP contribution in [0.15, 0.2) is 0 Å². The zero-order valence-electron chi connectivity index (χ0n) is 9.96. The summed E-state index contributed by atoms with van der Waals surface area (Å²) in [6, 6.07) is 0. The molecule has 1 aromatic heterocycles. The number of likely N-dealkylation sites (tertiary alicyclic amines) is 1. The highest BCUT2D eigenvalue weighted by molar-refractivity contribution is 5.77. The molecule has 1 aliphatic carbocycles. The Kier molecular flexibility index (Phi) is 2.57. The number of tetrazole rings is 1. The molecule has 1 amide bonds. The summed E-state index contributed by atoms with van der Waals surface area (Å²) in [5.41, 5.74) is 0. The van der Waals surface area contributed by atoms with Gasteiger partial charge in [-0.05, 0) is 24.7 Å². The van der Waals surface area contributed by atoms with Crippen LogP contribution in [0.25, 0.3) is 0 Å². The number of carbonyl (C=O) groups excluding carboxylic acids is 1. The molecule has 2 aliphatic rings. The van der Waals surface area contributed by atoms with Crippen molar-refractivity contribution >= 4 is 5.91 Å². The fourth-order valence-corrected chi connectivity index (χ4v) is 2.46. The molecule has 6 heteroatoms. The minimum Gasteiger partial charge on any atom is -0.341 e. The van der Waals surface area contributed by atoms with Crippen molar-refractivity contribution in [2.45, 2.75) is 32.1 Å². The summed E-state index contributed by atoms with van der Waals surface area (Å²) in [7, 11) is 0. The van der Waals surface area contributed by atoms with Gasteiger partial charge in [-0.2, -0.15) is 5.21 Å². The topological polar surface area (TPSA) is 74.8 Å². The lowest BCUT2D eigenvalue weighted by molar-refractivity contribution is -0.135. The van der Waals surface area contributed by atoms with Gasteiger partial charge in [0.15, 0.2) is 5.82 Å². The van der Waals surface area contributed by atoms with Crippen molar-refractivity contribution in [3.63, 3.8) is 0 Å². The number of aromatic nitrogens is 4. The smallest absolute Gasteiger partial charge is 0.222 e. The van der Waals surface area contributed by atoms with Crippen LogP contribution in [0.4, 0.5) is 0 Å². The van der Waals surface area contributed by atoms with Gasteiger partial charge in [-0.1, -0.05) is 12.1 Å². The Hall–Kier alpha value is -1.46. The molecule has 0 spiro atoms. The SMILES string of the molecule is C[C@@H]1C[C@H]1CCC(=O)N1CC(c2nn[nH]n2)C1. The van der Waals surface area contributed by atoms with Crippen molar-refractivity contribution in [1.82, 2.24) is 25.5 Å². The van der Waals surface area contributed by atoms with E-state index in [0.717, 1.165) is 37.2 Å². The van der Waals surface area contributed by atoms with Gasteiger partial charge in [0.1, 0.15) is 0 Å². The number of H-pyrrole nitrogens is 1. The Morgan fingerprint density at radius 1 is 1.53 bits per heavy atom. The molecule has 1 saturated carbocycles. The molecule has 0 radical (unpaired) electrons. The number of aromatic amines is 1. The highest BCUT2D eigenvalue weighted by Crippen LogP contribution is 2.41. The van der Waals surface area contributed by atoms with E-state index in [4.69, 9.17) is 0 Å². The zero-order chi connectivity index (χ0) is 11.8. The van der Waals surface area contributed by atoms with Crippen molar-refractivity contribution in [3.8, 4) is 0 Å². The van der Waals surface area contributed by atoms with E-state index >= 15 is 0 Å². The third-order valence-corrected chi connectivity index (χ3v) is 3.97. The van der Waals surface area contributed by atoms with E-state index in [1.54, 1.807) is 0 Å². The minimum absolute atomic E-state index is 0.276. The van der Waals surface area contributed by atoms with E-state index in [1.165, 1.54) is 6.42 Å². The van der Waals surface area contributed by atoms with Crippen LogP contribution in [0, 0.1) is 11.8 Å². The van der Waals surface area contributed by atoms with Crippen LogP contribution in [0.3, 0.4) is 0 Å². The molecule has 92 valence electrons. The second-order valence-corrected chi connectivity index (χ2v) is 5.28. The normalized spacial score (nSPS) is 27.9. The summed E-state index contributed by atoms with van der Waals surface area (Å²) in [4.78, 5) is 13.7. The van der Waals surface area contributed by atoms with E-state index in [1.807, 2.05) is 4.90 Å². The Bertz CT molecular complexity index is 398. The predicted molar refractivity (Wildman–Crippen MR) is 60.0 cm³/mol. The number of amides is 1. The number of hydrogen-bond acceptors (Lipinski definition) is 4. The van der Waals surface area contributed by atoms with Crippen molar-refractivity contribution < 1.29 is 4.79 Å². The van der Waals surface area contributed by atoms with E-state index in [2.05, 4.69) is 27.5 Å². The first-order chi connectivity index (χ1) is 8.24. The Morgan fingerprint density at radius 3 is 2.88 bits per heavy atom. The van der Waals surface area contributed by atoms with E-state index in [9.17, 15) is 4.79 Å². The highest BCUT2D eigenvalue weighted by atomic mass is 16.2. The number of hydrogen-bond donors (Lipinski definition) is 1. The lowest BCUT2D eigenvalue weighted by Gasteiger charge is -2.37. The first-order valence-electron chi connectivity index (χ1n) is 6.25. The second kappa shape index (κ2) is 4.09. The molecule has 0 bridgehead atoms. The minimum atomic E-state index is 0.276. The zero-order valence-corrected chi connectivity index (χ0v) is 9.96. The Morgan fingerprint density at radius 2 is 2.29 bits per heavy atom. The third kappa shape index (κ3) is 2.16. The fraction of sp³-hybridized carbons (Fsp3) is 0.818. The average Bonchev–Trinajstić information content (AvgIpc) is 2.75. The molecule has 1 aromatic rings. The number of nitrogens with one attached hydrogen (secondary N) is 1. The van der Waals surface area contributed by atoms with Crippen molar-refractivity contribution in [1.29, 1.82) is 0 Å². The molecule has 1 aliphatic heterocycles. The van der Waals surface area contributed by atoms with Gasteiger partial charge in [-0.3, -0.25) is 4.79 Å². The molecule has 2 heterocycles. The van der Waals surface area contributed by atoms with Gasteiger partial charge >= 0.3 is 0 Å². The molecule has 2 atom stereocenters. The molecule has 0 unspecified atom stereocenters. The quantitative estimate of drug-likeness (QED) is 0.827. The Labute approximate surface area is 99.8 Å². The van der Waals surface area contributed by atoms with Gasteiger partial charge in [0.05, 0.1) is 5.92 Å². The van der Waals surface area contributed by atoms with Gasteiger partial charge in [0, 0.05) is 19.5 Å². The summed E-state index contributed by atoms with van der Waals surface area (Å²) in [5.74, 6) is 2.92. The molecule has 3 rings (SSSR count). The van der Waals surface area contributed by atoms with Gasteiger partial charge in [-0.15, -0.1) is 10.2 Å². The Balaban J connectivity index is 1.41. The van der Waals surface area contributed by atoms with Crippen molar-refractivity contribution in [2.24, 2.45) is 11.8 Å². The van der Waals surface area contributed by atoms with Crippen LogP contribution < -0.4 is 0 Å². The lowest BCUT2D eigenvalue weighted by atomic mass is 9.98. The van der Waals surface area contributed by atoms with Crippen LogP contribution in [-0.2, 0) is 4.79 Å². The average molecular weight is 235 g/mol. The molecule has 17 heavy (non-hydrogen) atoms. The summed E-state index contributed by atoms with van der Waals surface area (Å²) < 4.78 is 0. The summed E-state index contributed by atoms with van der Waals surface area (Å²) in [6.07, 6.45) is 3.07. The molecular formula is C11H17N5O. The monoisotopic (exact) mass is 235 g/mol. The maximum atomic E-state index is 11.8. The van der Waals surface area contributed by atoms with Gasteiger partial charge < -0.3 is 4.90 Å². The molecule has 0 aromatic carbocycles. The van der Waals surface area contributed by atoms with Crippen LogP contribution >= 0.6 is 0 Å². The van der Waals surface area contributed by atoms with E-state index in [0.29, 0.717) is 6.42 Å². The number of nitrogens with zero attached hydrogens (tertiary/aromatic N) is 4. The van der Waals surface area contributed by atoms with Crippen molar-refractivity contribution in [2.75, 3.05) is 13.1 Å². The van der Waals surface area contributed by atoms with Crippen LogP contribution in [0.1, 0.15) is 37.9 Å². The maximum Gasteiger partial charge on any atom is 0.222 e. The predicted octanol–water partition coefficient (Wildman–Crippen LogP) is 0.562. The maximum absolute atomic E-state index is 11.8. The van der Waals surface area contributed by atoms with Gasteiger partial charge in [0.25, 0.3) is 0 Å². The molecule has 6 nitrogen and oxygen atoms in total. The third-order valence-electron chi connectivity index (χ3n) is 3.97. The van der Waals surface area contributed by atoms with Crippen molar-refractivity contribution in [3.05, 3.63) is 5.82 Å². The summed E-state index contributed by atoms with van der Waals surface area (Å²) in [5, 5.41) is 13.9. The van der Waals surface area contributed by atoms with E-state index < -0.39 is 0 Å². The van der Waals surface area contributed by atoms with Gasteiger partial charge in [-0.25, -0.2) is 0 Å². The van der Waals surface area contributed by atoms with Gasteiger partial charge in [0.2, 0.25) is 5.91 Å². The van der Waals surface area contributed by atoms with Crippen LogP contribution in [-0.4, -0.2) is 44.5 Å². The highest BCUT2D eigenvalue weighted by Gasteiger charge is 2.36. The molecule has 1 N–H and O–H groups in total. The number of rotatable bonds is 4. The first-order valence-corrected chi connectivity index (χ1v) is 6.25. The van der Waals surface area contributed by atoms with Crippen LogP contribution in [0.2, 0.25) is 0 Å². The molecule has 2 fully saturated rings. The molecular weight excluding hydrogens is 218 g/mol. The van der Waals surface area contributed by atoms with Crippen LogP contribution in [0.5, 0.6) is 0 Å². The van der Waals surface area contributed by atoms with E-state index in [-0.39, 0.29) is 11.8 Å². The second-order valence-electron chi connectivity index (χ2n) is 5.28. The number of carbonyl (C=O) groups is 1. The lowest BCUT2D eigenvalue weighted by Crippen LogP contribution is -2.48. The summed E-state index contributed by atoms with van der Waals surface area (Å²) in [6.45, 7) is 3.75. The largest absolute Gasteiger partial charge is 0.341 e. The fourth-order valence-electron chi connectivity index (χ4n) is 2.46. The summed E-state index contributed by atoms with van der Waals surface area (Å²) >= 11 is 0. The molecule has 1 saturated heterocycles. The first kappa shape index (κ1) is 10.7. The standard InChI is InChI=1S/C11H17N5O/c1-7-4-8(7)2-3-10(17)16-5-9(6-16)11-12-14-15-13-11/h7-9H,2-6H2,1H3,(H,12,13,14,15)/t7-,8-/m1/s1.